The van der Waals surface area contributed by atoms with Gasteiger partial charge in [0.15, 0.2) is 0 Å². The van der Waals surface area contributed by atoms with E-state index in [0.717, 1.165) is 0 Å². The van der Waals surface area contributed by atoms with Gasteiger partial charge in [0.2, 0.25) is 0 Å². The van der Waals surface area contributed by atoms with Gasteiger partial charge in [-0.3, -0.25) is 0 Å². The molecule has 0 aromatic rings. The van der Waals surface area contributed by atoms with Gasteiger partial charge < -0.3 is 9.84 Å². The molecule has 0 fully saturated rings. The fourth-order valence-corrected chi connectivity index (χ4v) is 0.209. The molecule has 0 radical (unpaired) electrons. The topological polar surface area (TPSA) is 29.5 Å². The van der Waals surface area contributed by atoms with Crippen molar-refractivity contribution >= 4 is 25.8 Å². The van der Waals surface area contributed by atoms with Gasteiger partial charge in [0.05, 0.1) is 13.2 Å². The van der Waals surface area contributed by atoms with E-state index in [4.69, 9.17) is 9.84 Å². The summed E-state index contributed by atoms with van der Waals surface area (Å²) in [6.07, 6.45) is 0. The molecular weight excluding hydrogens is 195 g/mol. The molecule has 0 saturated heterocycles. The molecule has 0 aromatic heterocycles. The van der Waals surface area contributed by atoms with Gasteiger partial charge in [0.25, 0.3) is 0 Å². The van der Waals surface area contributed by atoms with Crippen LogP contribution in [0.15, 0.2) is 0 Å². The molecule has 0 atom stereocenters. The summed E-state index contributed by atoms with van der Waals surface area (Å²) in [5.74, 6) is 0. The van der Waals surface area contributed by atoms with Crippen molar-refractivity contribution in [1.29, 1.82) is 0 Å². The molecule has 0 bridgehead atoms. The average molecular weight is 208 g/mol. The van der Waals surface area contributed by atoms with Crippen LogP contribution in [0, 0.1) is 0 Å². The molecule has 0 unspecified atom stereocenters. The molecule has 0 heterocycles. The van der Waals surface area contributed by atoms with Gasteiger partial charge >= 0.3 is 25.8 Å². The Kier molecular flexibility index (Phi) is 15.2. The van der Waals surface area contributed by atoms with E-state index in [1.54, 1.807) is 0 Å². The first-order valence-corrected chi connectivity index (χ1v) is 2.10. The van der Waals surface area contributed by atoms with Crippen LogP contribution < -0.4 is 0 Å². The molecule has 1 N–H and O–H groups in total. The number of aliphatic hydroxyl groups excluding tert-OH is 1. The third-order valence-electron chi connectivity index (χ3n) is 0.440. The standard InChI is InChI=1S/C4H10O2.In.3H/c1-2-6-4-3-5;;;;/h5H,2-4H2,1H3;;;;. The first kappa shape index (κ1) is 10.7. The van der Waals surface area contributed by atoms with Crippen molar-refractivity contribution in [2.24, 2.45) is 0 Å². The third-order valence-corrected chi connectivity index (χ3v) is 0.440. The Morgan fingerprint density at radius 3 is 2.29 bits per heavy atom. The Morgan fingerprint density at radius 2 is 2.14 bits per heavy atom. The molecular formula is C4H13InO2. The minimum atomic E-state index is 0. The van der Waals surface area contributed by atoms with Crippen molar-refractivity contribution in [2.75, 3.05) is 19.8 Å². The summed E-state index contributed by atoms with van der Waals surface area (Å²) in [6.45, 7) is 3.20. The van der Waals surface area contributed by atoms with Gasteiger partial charge in [-0.1, -0.05) is 0 Å². The number of aliphatic hydroxyl groups is 1. The fraction of sp³-hybridized carbons (Fsp3) is 1.00. The van der Waals surface area contributed by atoms with Gasteiger partial charge in [0, 0.05) is 6.61 Å². The molecule has 0 rings (SSSR count). The summed E-state index contributed by atoms with van der Waals surface area (Å²) in [6, 6.07) is 0. The second-order valence-corrected chi connectivity index (χ2v) is 0.921. The number of hydrogen-bond donors (Lipinski definition) is 1. The molecule has 0 aliphatic heterocycles. The van der Waals surface area contributed by atoms with E-state index in [2.05, 4.69) is 0 Å². The van der Waals surface area contributed by atoms with E-state index in [1.807, 2.05) is 6.92 Å². The van der Waals surface area contributed by atoms with E-state index in [0.29, 0.717) is 13.2 Å². The summed E-state index contributed by atoms with van der Waals surface area (Å²) in [5.41, 5.74) is 0. The van der Waals surface area contributed by atoms with Crippen molar-refractivity contribution in [3.63, 3.8) is 0 Å². The Hall–Kier alpha value is 0.790. The van der Waals surface area contributed by atoms with E-state index in [1.165, 1.54) is 0 Å². The Labute approximate surface area is 62.6 Å². The monoisotopic (exact) mass is 208 g/mol. The Bertz CT molecular complexity index is 21.7. The van der Waals surface area contributed by atoms with Crippen LogP contribution >= 0.6 is 0 Å². The molecule has 0 aromatic carbocycles. The minimum absolute atomic E-state index is 0. The molecule has 2 nitrogen and oxygen atoms in total. The second kappa shape index (κ2) is 9.92. The van der Waals surface area contributed by atoms with Crippen molar-refractivity contribution in [1.82, 2.24) is 0 Å². The molecule has 0 saturated carbocycles. The molecule has 44 valence electrons. The Morgan fingerprint density at radius 1 is 1.57 bits per heavy atom. The zero-order chi connectivity index (χ0) is 4.83. The van der Waals surface area contributed by atoms with E-state index < -0.39 is 0 Å². The first-order valence-electron chi connectivity index (χ1n) is 2.10. The number of ether oxygens (including phenoxy) is 1. The van der Waals surface area contributed by atoms with Gasteiger partial charge in [-0.15, -0.1) is 0 Å². The van der Waals surface area contributed by atoms with Crippen LogP contribution in [0.2, 0.25) is 0 Å². The number of hydrogen-bond acceptors (Lipinski definition) is 2. The van der Waals surface area contributed by atoms with Crippen molar-refractivity contribution in [3.05, 3.63) is 0 Å². The summed E-state index contributed by atoms with van der Waals surface area (Å²) in [5, 5.41) is 8.07. The van der Waals surface area contributed by atoms with Gasteiger partial charge in [-0.2, -0.15) is 0 Å². The maximum absolute atomic E-state index is 8.07. The van der Waals surface area contributed by atoms with Crippen LogP contribution in [0.25, 0.3) is 0 Å². The molecule has 0 aliphatic rings. The van der Waals surface area contributed by atoms with Gasteiger partial charge in [0.1, 0.15) is 0 Å². The van der Waals surface area contributed by atoms with Crippen LogP contribution in [0.3, 0.4) is 0 Å². The average Bonchev–Trinajstić information content (AvgIpc) is 1.61. The van der Waals surface area contributed by atoms with Crippen molar-refractivity contribution in [3.8, 4) is 0 Å². The summed E-state index contributed by atoms with van der Waals surface area (Å²) in [7, 11) is 0. The van der Waals surface area contributed by atoms with Crippen LogP contribution in [0.5, 0.6) is 0 Å². The zero-order valence-corrected chi connectivity index (χ0v) is 3.98. The second-order valence-electron chi connectivity index (χ2n) is 0.921. The third kappa shape index (κ3) is 10.8. The van der Waals surface area contributed by atoms with E-state index >= 15 is 0 Å². The maximum atomic E-state index is 8.07. The summed E-state index contributed by atoms with van der Waals surface area (Å²) in [4.78, 5) is 0. The fourth-order valence-electron chi connectivity index (χ4n) is 0.209. The first-order chi connectivity index (χ1) is 2.91. The molecule has 0 spiro atoms. The van der Waals surface area contributed by atoms with E-state index in [-0.39, 0.29) is 32.5 Å². The van der Waals surface area contributed by atoms with Crippen molar-refractivity contribution in [2.45, 2.75) is 6.92 Å². The summed E-state index contributed by atoms with van der Waals surface area (Å²) >= 11 is 0. The molecule has 7 heavy (non-hydrogen) atoms. The van der Waals surface area contributed by atoms with Gasteiger partial charge in [-0.25, -0.2) is 0 Å². The number of rotatable bonds is 3. The van der Waals surface area contributed by atoms with Crippen LogP contribution in [0.1, 0.15) is 6.92 Å². The predicted molar refractivity (Wildman–Crippen MR) is 33.5 cm³/mol. The SMILES string of the molecule is CCOCCO.[InH3]. The van der Waals surface area contributed by atoms with Crippen LogP contribution in [0.4, 0.5) is 0 Å². The van der Waals surface area contributed by atoms with Crippen molar-refractivity contribution < 1.29 is 9.84 Å². The quantitative estimate of drug-likeness (QED) is 0.592. The predicted octanol–water partition coefficient (Wildman–Crippen LogP) is -1.17. The molecule has 0 amide bonds. The van der Waals surface area contributed by atoms with Crippen LogP contribution in [-0.2, 0) is 4.74 Å². The molecule has 3 heteroatoms. The van der Waals surface area contributed by atoms with E-state index in [9.17, 15) is 0 Å². The normalized spacial score (nSPS) is 7.71. The Balaban J connectivity index is 0. The summed E-state index contributed by atoms with van der Waals surface area (Å²) < 4.78 is 4.73. The molecule has 0 aliphatic carbocycles. The van der Waals surface area contributed by atoms with Gasteiger partial charge in [-0.05, 0) is 6.92 Å². The van der Waals surface area contributed by atoms with Crippen LogP contribution in [-0.4, -0.2) is 50.8 Å². The zero-order valence-electron chi connectivity index (χ0n) is 3.98.